The van der Waals surface area contributed by atoms with Crippen molar-refractivity contribution in [3.05, 3.63) is 29.1 Å². The van der Waals surface area contributed by atoms with Gasteiger partial charge in [-0.05, 0) is 42.9 Å². The molecule has 128 valence electrons. The van der Waals surface area contributed by atoms with Gasteiger partial charge in [0.2, 0.25) is 0 Å². The first-order chi connectivity index (χ1) is 11.0. The van der Waals surface area contributed by atoms with Crippen LogP contribution in [0.5, 0.6) is 5.75 Å². The zero-order valence-corrected chi connectivity index (χ0v) is 14.3. The van der Waals surface area contributed by atoms with Crippen LogP contribution in [0.3, 0.4) is 0 Å². The van der Waals surface area contributed by atoms with Crippen LogP contribution in [0.1, 0.15) is 56.2 Å². The van der Waals surface area contributed by atoms with E-state index < -0.39 is 0 Å². The molecule has 0 aliphatic carbocycles. The monoisotopic (exact) mass is 323 g/mol. The minimum absolute atomic E-state index is 0.0124. The van der Waals surface area contributed by atoms with E-state index >= 15 is 0 Å². The van der Waals surface area contributed by atoms with Crippen LogP contribution in [0.15, 0.2) is 12.1 Å². The van der Waals surface area contributed by atoms with E-state index in [2.05, 4.69) is 5.32 Å². The fraction of sp³-hybridized carbons (Fsp3) is 0.611. The smallest absolute Gasteiger partial charge is 0.305 e. The van der Waals surface area contributed by atoms with E-state index in [-0.39, 0.29) is 29.7 Å². The zero-order chi connectivity index (χ0) is 17.0. The lowest BCUT2D eigenvalue weighted by atomic mass is 9.85. The molecule has 0 saturated carbocycles. The van der Waals surface area contributed by atoms with Crippen molar-refractivity contribution in [2.45, 2.75) is 45.1 Å². The predicted octanol–water partition coefficient (Wildman–Crippen LogP) is 3.56. The second-order valence-corrected chi connectivity index (χ2v) is 6.46. The van der Waals surface area contributed by atoms with Crippen molar-refractivity contribution < 1.29 is 18.7 Å². The van der Waals surface area contributed by atoms with Crippen LogP contribution in [-0.4, -0.2) is 26.7 Å². The van der Waals surface area contributed by atoms with Crippen molar-refractivity contribution in [1.29, 1.82) is 0 Å². The van der Waals surface area contributed by atoms with Crippen LogP contribution in [0.2, 0.25) is 0 Å². The molecule has 0 spiro atoms. The number of methoxy groups -OCH3 is 2. The van der Waals surface area contributed by atoms with Crippen LogP contribution in [0, 0.1) is 11.7 Å². The number of ether oxygens (including phenoxy) is 2. The van der Waals surface area contributed by atoms with Gasteiger partial charge in [-0.15, -0.1) is 0 Å². The first-order valence-electron chi connectivity index (χ1n) is 8.13. The Labute approximate surface area is 137 Å². The van der Waals surface area contributed by atoms with Gasteiger partial charge in [0, 0.05) is 18.0 Å². The Kier molecular flexibility index (Phi) is 5.99. The van der Waals surface area contributed by atoms with Crippen molar-refractivity contribution in [2.75, 3.05) is 20.8 Å². The van der Waals surface area contributed by atoms with Gasteiger partial charge in [-0.1, -0.05) is 19.9 Å². The number of carbonyl (C=O) groups excluding carboxylic acids is 1. The highest BCUT2D eigenvalue weighted by Gasteiger charge is 2.28. The quantitative estimate of drug-likeness (QED) is 0.842. The number of carbonyl (C=O) groups is 1. The van der Waals surface area contributed by atoms with E-state index in [4.69, 9.17) is 9.47 Å². The SMILES string of the molecule is COC(=O)CC1CCNC(c2cc(C(C)C)cc(F)c2OC)C1. The minimum Gasteiger partial charge on any atom is -0.493 e. The molecule has 2 unspecified atom stereocenters. The molecular weight excluding hydrogens is 297 g/mol. The maximum Gasteiger partial charge on any atom is 0.305 e. The number of hydrogen-bond acceptors (Lipinski definition) is 4. The summed E-state index contributed by atoms with van der Waals surface area (Å²) in [6.07, 6.45) is 2.09. The molecule has 1 aromatic rings. The third-order valence-electron chi connectivity index (χ3n) is 4.54. The Bertz CT molecular complexity index is 559. The lowest BCUT2D eigenvalue weighted by Crippen LogP contribution is -2.33. The summed E-state index contributed by atoms with van der Waals surface area (Å²) in [5.41, 5.74) is 1.79. The van der Waals surface area contributed by atoms with E-state index in [1.165, 1.54) is 14.2 Å². The Hall–Kier alpha value is -1.62. The second kappa shape index (κ2) is 7.77. The highest BCUT2D eigenvalue weighted by Crippen LogP contribution is 2.37. The van der Waals surface area contributed by atoms with Crippen molar-refractivity contribution in [1.82, 2.24) is 5.32 Å². The average molecular weight is 323 g/mol. The number of halogens is 1. The van der Waals surface area contributed by atoms with E-state index in [0.717, 1.165) is 30.5 Å². The molecule has 0 amide bonds. The molecule has 23 heavy (non-hydrogen) atoms. The van der Waals surface area contributed by atoms with Crippen LogP contribution in [0.4, 0.5) is 4.39 Å². The molecule has 0 aromatic heterocycles. The highest BCUT2D eigenvalue weighted by molar-refractivity contribution is 5.69. The summed E-state index contributed by atoms with van der Waals surface area (Å²) in [7, 11) is 2.90. The first kappa shape index (κ1) is 17.7. The average Bonchev–Trinajstić information content (AvgIpc) is 2.54. The maximum atomic E-state index is 14.4. The topological polar surface area (TPSA) is 47.6 Å². The molecule has 1 aliphatic rings. The predicted molar refractivity (Wildman–Crippen MR) is 87.1 cm³/mol. The summed E-state index contributed by atoms with van der Waals surface area (Å²) in [6, 6.07) is 3.55. The number of nitrogens with one attached hydrogen (secondary N) is 1. The molecule has 1 fully saturated rings. The second-order valence-electron chi connectivity index (χ2n) is 6.46. The molecule has 1 aliphatic heterocycles. The summed E-state index contributed by atoms with van der Waals surface area (Å²) in [5.74, 6) is 0.258. The van der Waals surface area contributed by atoms with E-state index in [1.807, 2.05) is 19.9 Å². The van der Waals surface area contributed by atoms with Gasteiger partial charge in [-0.25, -0.2) is 4.39 Å². The van der Waals surface area contributed by atoms with Gasteiger partial charge >= 0.3 is 5.97 Å². The Morgan fingerprint density at radius 3 is 2.74 bits per heavy atom. The third-order valence-corrected chi connectivity index (χ3v) is 4.54. The van der Waals surface area contributed by atoms with Crippen molar-refractivity contribution in [3.63, 3.8) is 0 Å². The summed E-state index contributed by atoms with van der Waals surface area (Å²) >= 11 is 0. The lowest BCUT2D eigenvalue weighted by molar-refractivity contribution is -0.142. The molecule has 1 aromatic carbocycles. The van der Waals surface area contributed by atoms with Gasteiger partial charge in [0.05, 0.1) is 14.2 Å². The lowest BCUT2D eigenvalue weighted by Gasteiger charge is -2.31. The van der Waals surface area contributed by atoms with Crippen LogP contribution >= 0.6 is 0 Å². The maximum absolute atomic E-state index is 14.4. The zero-order valence-electron chi connectivity index (χ0n) is 14.3. The van der Waals surface area contributed by atoms with Crippen molar-refractivity contribution >= 4 is 5.97 Å². The standard InChI is InChI=1S/C18H26FNO3/c1-11(2)13-9-14(18(23-4)15(19)10-13)16-7-12(5-6-20-16)8-17(21)22-3/h9-12,16,20H,5-8H2,1-4H3. The Balaban J connectivity index is 2.27. The van der Waals surface area contributed by atoms with E-state index in [0.29, 0.717) is 12.2 Å². The number of esters is 1. The van der Waals surface area contributed by atoms with E-state index in [9.17, 15) is 9.18 Å². The fourth-order valence-corrected chi connectivity index (χ4v) is 3.18. The molecule has 1 N–H and O–H groups in total. The molecule has 1 heterocycles. The summed E-state index contributed by atoms with van der Waals surface area (Å²) < 4.78 is 24.4. The van der Waals surface area contributed by atoms with Gasteiger partial charge in [-0.3, -0.25) is 4.79 Å². The Morgan fingerprint density at radius 1 is 1.39 bits per heavy atom. The molecule has 2 rings (SSSR count). The highest BCUT2D eigenvalue weighted by atomic mass is 19.1. The summed E-state index contributed by atoms with van der Waals surface area (Å²) in [4.78, 5) is 11.5. The summed E-state index contributed by atoms with van der Waals surface area (Å²) in [6.45, 7) is 4.88. The molecular formula is C18H26FNO3. The normalized spacial score (nSPS) is 21.3. The van der Waals surface area contributed by atoms with Crippen LogP contribution < -0.4 is 10.1 Å². The fourth-order valence-electron chi connectivity index (χ4n) is 3.18. The van der Waals surface area contributed by atoms with Crippen molar-refractivity contribution in [3.8, 4) is 5.75 Å². The van der Waals surface area contributed by atoms with Gasteiger partial charge in [0.15, 0.2) is 11.6 Å². The molecule has 0 bridgehead atoms. The largest absolute Gasteiger partial charge is 0.493 e. The van der Waals surface area contributed by atoms with Crippen LogP contribution in [0.25, 0.3) is 0 Å². The third kappa shape index (κ3) is 4.22. The van der Waals surface area contributed by atoms with Crippen LogP contribution in [-0.2, 0) is 9.53 Å². The molecule has 1 saturated heterocycles. The first-order valence-corrected chi connectivity index (χ1v) is 8.13. The minimum atomic E-state index is -0.328. The van der Waals surface area contributed by atoms with Gasteiger partial charge in [0.1, 0.15) is 0 Å². The number of piperidine rings is 1. The number of rotatable bonds is 5. The molecule has 2 atom stereocenters. The van der Waals surface area contributed by atoms with Gasteiger partial charge in [-0.2, -0.15) is 0 Å². The summed E-state index contributed by atoms with van der Waals surface area (Å²) in [5, 5.41) is 3.43. The van der Waals surface area contributed by atoms with Gasteiger partial charge < -0.3 is 14.8 Å². The molecule has 5 heteroatoms. The Morgan fingerprint density at radius 2 is 2.13 bits per heavy atom. The molecule has 0 radical (unpaired) electrons. The van der Waals surface area contributed by atoms with E-state index in [1.54, 1.807) is 6.07 Å². The van der Waals surface area contributed by atoms with Crippen molar-refractivity contribution in [2.24, 2.45) is 5.92 Å². The molecule has 4 nitrogen and oxygen atoms in total. The van der Waals surface area contributed by atoms with Gasteiger partial charge in [0.25, 0.3) is 0 Å². The number of benzene rings is 1. The number of hydrogen-bond donors (Lipinski definition) is 1.